The lowest BCUT2D eigenvalue weighted by Gasteiger charge is -2.34. The number of hydrogen-bond acceptors (Lipinski definition) is 3. The van der Waals surface area contributed by atoms with Gasteiger partial charge in [-0.15, -0.1) is 0 Å². The summed E-state index contributed by atoms with van der Waals surface area (Å²) < 4.78 is 0. The highest BCUT2D eigenvalue weighted by Gasteiger charge is 2.50. The van der Waals surface area contributed by atoms with Gasteiger partial charge in [0.05, 0.1) is 0 Å². The first-order valence-electron chi connectivity index (χ1n) is 7.81. The average molecular weight is 288 g/mol. The summed E-state index contributed by atoms with van der Waals surface area (Å²) in [5.41, 5.74) is 7.11. The Bertz CT molecular complexity index is 537. The van der Waals surface area contributed by atoms with Crippen molar-refractivity contribution in [3.05, 3.63) is 35.4 Å². The fourth-order valence-electron chi connectivity index (χ4n) is 4.01. The molecule has 0 amide bonds. The van der Waals surface area contributed by atoms with Crippen LogP contribution in [0.1, 0.15) is 30.4 Å². The Balaban J connectivity index is 1.81. The molecule has 1 aliphatic heterocycles. The van der Waals surface area contributed by atoms with Crippen LogP contribution in [0.3, 0.4) is 0 Å². The van der Waals surface area contributed by atoms with E-state index >= 15 is 0 Å². The van der Waals surface area contributed by atoms with Crippen LogP contribution in [0.25, 0.3) is 0 Å². The number of benzene rings is 1. The van der Waals surface area contributed by atoms with E-state index in [-0.39, 0.29) is 5.92 Å². The summed E-state index contributed by atoms with van der Waals surface area (Å²) >= 11 is 0. The third kappa shape index (κ3) is 2.47. The van der Waals surface area contributed by atoms with Crippen molar-refractivity contribution in [1.29, 1.82) is 0 Å². The zero-order valence-corrected chi connectivity index (χ0v) is 12.6. The zero-order chi connectivity index (χ0) is 15.0. The minimum Gasteiger partial charge on any atom is -0.480 e. The molecule has 1 fully saturated rings. The quantitative estimate of drug-likeness (QED) is 0.890. The number of fused-ring (bicyclic) bond motifs is 1. The number of rotatable bonds is 3. The van der Waals surface area contributed by atoms with E-state index in [4.69, 9.17) is 5.73 Å². The number of aliphatic carboxylic acids is 1. The highest BCUT2D eigenvalue weighted by Crippen LogP contribution is 2.44. The van der Waals surface area contributed by atoms with E-state index in [0.29, 0.717) is 5.92 Å². The first kappa shape index (κ1) is 14.5. The molecule has 2 unspecified atom stereocenters. The summed E-state index contributed by atoms with van der Waals surface area (Å²) in [4.78, 5) is 14.2. The van der Waals surface area contributed by atoms with Gasteiger partial charge in [-0.25, -0.2) is 4.79 Å². The van der Waals surface area contributed by atoms with Crippen molar-refractivity contribution in [2.45, 2.75) is 31.2 Å². The highest BCUT2D eigenvalue weighted by molar-refractivity contribution is 5.83. The molecule has 0 spiro atoms. The number of nitrogens with zero attached hydrogens (tertiary/aromatic N) is 1. The number of carbonyl (C=O) groups is 1. The largest absolute Gasteiger partial charge is 0.480 e. The van der Waals surface area contributed by atoms with Crippen LogP contribution < -0.4 is 5.73 Å². The van der Waals surface area contributed by atoms with E-state index in [1.54, 1.807) is 0 Å². The first-order chi connectivity index (χ1) is 10.0. The van der Waals surface area contributed by atoms with Gasteiger partial charge in [0.15, 0.2) is 0 Å². The monoisotopic (exact) mass is 288 g/mol. The maximum absolute atomic E-state index is 11.9. The van der Waals surface area contributed by atoms with Gasteiger partial charge in [-0.05, 0) is 68.8 Å². The second-order valence-corrected chi connectivity index (χ2v) is 6.71. The summed E-state index contributed by atoms with van der Waals surface area (Å²) in [6.45, 7) is 2.21. The van der Waals surface area contributed by atoms with E-state index < -0.39 is 11.5 Å². The molecule has 4 heteroatoms. The van der Waals surface area contributed by atoms with Crippen molar-refractivity contribution in [3.63, 3.8) is 0 Å². The van der Waals surface area contributed by atoms with Crippen molar-refractivity contribution in [2.24, 2.45) is 17.6 Å². The summed E-state index contributed by atoms with van der Waals surface area (Å²) in [5.74, 6) is -0.269. The molecule has 2 atom stereocenters. The Hall–Kier alpha value is -1.39. The van der Waals surface area contributed by atoms with Crippen LogP contribution in [0.15, 0.2) is 24.3 Å². The van der Waals surface area contributed by atoms with E-state index in [9.17, 15) is 9.90 Å². The lowest BCUT2D eigenvalue weighted by molar-refractivity contribution is -0.146. The Morgan fingerprint density at radius 2 is 2.05 bits per heavy atom. The molecule has 0 saturated carbocycles. The van der Waals surface area contributed by atoms with Crippen molar-refractivity contribution in [2.75, 3.05) is 20.1 Å². The summed E-state index contributed by atoms with van der Waals surface area (Å²) in [6, 6.07) is 7.77. The molecule has 4 nitrogen and oxygen atoms in total. The molecule has 1 saturated heterocycles. The molecular formula is C17H24N2O2. The molecular weight excluding hydrogens is 264 g/mol. The molecule has 0 radical (unpaired) electrons. The van der Waals surface area contributed by atoms with Crippen LogP contribution in [0.4, 0.5) is 0 Å². The molecule has 114 valence electrons. The van der Waals surface area contributed by atoms with E-state index in [1.165, 1.54) is 0 Å². The molecule has 1 aromatic carbocycles. The van der Waals surface area contributed by atoms with Gasteiger partial charge < -0.3 is 15.7 Å². The Labute approximate surface area is 125 Å². The molecule has 0 aromatic heterocycles. The maximum Gasteiger partial charge on any atom is 0.328 e. The highest BCUT2D eigenvalue weighted by atomic mass is 16.4. The number of piperidine rings is 1. The molecule has 1 aliphatic carbocycles. The van der Waals surface area contributed by atoms with Gasteiger partial charge >= 0.3 is 5.97 Å². The molecule has 1 heterocycles. The average Bonchev–Trinajstić information content (AvgIpc) is 2.76. The van der Waals surface area contributed by atoms with Crippen LogP contribution >= 0.6 is 0 Å². The molecule has 0 bridgehead atoms. The molecule has 1 aromatic rings. The van der Waals surface area contributed by atoms with Crippen molar-refractivity contribution < 1.29 is 9.90 Å². The van der Waals surface area contributed by atoms with Gasteiger partial charge in [-0.3, -0.25) is 0 Å². The summed E-state index contributed by atoms with van der Waals surface area (Å²) in [5, 5.41) is 9.73. The van der Waals surface area contributed by atoms with Crippen molar-refractivity contribution >= 4 is 5.97 Å². The zero-order valence-electron chi connectivity index (χ0n) is 12.6. The third-order valence-electron chi connectivity index (χ3n) is 5.38. The normalized spacial score (nSPS) is 30.3. The van der Waals surface area contributed by atoms with Crippen molar-refractivity contribution in [1.82, 2.24) is 4.90 Å². The van der Waals surface area contributed by atoms with E-state index in [1.807, 2.05) is 24.3 Å². The number of nitrogens with two attached hydrogens (primary N) is 1. The lowest BCUT2D eigenvalue weighted by Crippen LogP contribution is -2.49. The molecule has 3 rings (SSSR count). The number of carboxylic acid groups (broad SMARTS) is 1. The second-order valence-electron chi connectivity index (χ2n) is 6.71. The topological polar surface area (TPSA) is 66.6 Å². The smallest absolute Gasteiger partial charge is 0.328 e. The number of hydrogen-bond donors (Lipinski definition) is 2. The van der Waals surface area contributed by atoms with Crippen LogP contribution in [0, 0.1) is 11.8 Å². The van der Waals surface area contributed by atoms with Crippen molar-refractivity contribution in [3.8, 4) is 0 Å². The van der Waals surface area contributed by atoms with Gasteiger partial charge in [0, 0.05) is 0 Å². The molecule has 2 aliphatic rings. The van der Waals surface area contributed by atoms with Gasteiger partial charge in [0.25, 0.3) is 0 Å². The van der Waals surface area contributed by atoms with Crippen LogP contribution in [-0.2, 0) is 16.8 Å². The minimum absolute atomic E-state index is 0.0146. The molecule has 21 heavy (non-hydrogen) atoms. The van der Waals surface area contributed by atoms with Crippen LogP contribution in [0.5, 0.6) is 0 Å². The predicted octanol–water partition coefficient (Wildman–Crippen LogP) is 1.83. The van der Waals surface area contributed by atoms with Gasteiger partial charge in [0.1, 0.15) is 5.54 Å². The summed E-state index contributed by atoms with van der Waals surface area (Å²) in [7, 11) is 2.14. The fourth-order valence-corrected chi connectivity index (χ4v) is 4.01. The minimum atomic E-state index is -1.21. The van der Waals surface area contributed by atoms with Crippen LogP contribution in [0.2, 0.25) is 0 Å². The number of likely N-dealkylation sites (tertiary alicyclic amines) is 1. The Kier molecular flexibility index (Phi) is 3.76. The van der Waals surface area contributed by atoms with Gasteiger partial charge in [-0.2, -0.15) is 0 Å². The van der Waals surface area contributed by atoms with Gasteiger partial charge in [0.2, 0.25) is 0 Å². The first-order valence-corrected chi connectivity index (χ1v) is 7.81. The Morgan fingerprint density at radius 3 is 2.71 bits per heavy atom. The maximum atomic E-state index is 11.9. The predicted molar refractivity (Wildman–Crippen MR) is 82.0 cm³/mol. The SMILES string of the molecule is CN1CCC(CC2Cc3ccccc3C2(N)C(=O)O)CC1. The second kappa shape index (κ2) is 5.43. The van der Waals surface area contributed by atoms with E-state index in [0.717, 1.165) is 49.9 Å². The third-order valence-corrected chi connectivity index (χ3v) is 5.38. The lowest BCUT2D eigenvalue weighted by atomic mass is 9.77. The van der Waals surface area contributed by atoms with Crippen LogP contribution in [-0.4, -0.2) is 36.1 Å². The summed E-state index contributed by atoms with van der Waals surface area (Å²) in [6.07, 6.45) is 4.02. The standard InChI is InChI=1S/C17H24N2O2/c1-19-8-6-12(7-9-19)10-14-11-13-4-2-3-5-15(13)17(14,18)16(20)21/h2-5,12,14H,6-11,18H2,1H3,(H,20,21). The van der Waals surface area contributed by atoms with Gasteiger partial charge in [-0.1, -0.05) is 24.3 Å². The van der Waals surface area contributed by atoms with E-state index in [2.05, 4.69) is 11.9 Å². The number of carboxylic acids is 1. The molecule has 3 N–H and O–H groups in total. The fraction of sp³-hybridized carbons (Fsp3) is 0.588. The Morgan fingerprint density at radius 1 is 1.38 bits per heavy atom.